The fourth-order valence-corrected chi connectivity index (χ4v) is 14.5. The summed E-state index contributed by atoms with van der Waals surface area (Å²) in [5, 5.41) is 114. The molecular formula is C80H124F3N23O25S2. The van der Waals surface area contributed by atoms with Gasteiger partial charge in [0.25, 0.3) is 0 Å². The highest BCUT2D eigenvalue weighted by Crippen LogP contribution is 2.25. The van der Waals surface area contributed by atoms with Gasteiger partial charge in [0.1, 0.15) is 84.3 Å². The lowest BCUT2D eigenvalue weighted by molar-refractivity contribution is -0.192. The molecule has 2 aromatic carbocycles. The molecule has 133 heavy (non-hydrogen) atoms. The molecule has 1 aliphatic rings. The number of aliphatic hydroxyl groups excluding tert-OH is 2. The van der Waals surface area contributed by atoms with E-state index < -0.39 is 303 Å². The summed E-state index contributed by atoms with van der Waals surface area (Å²) >= 11 is 0. The second-order valence-electron chi connectivity index (χ2n) is 31.8. The summed E-state index contributed by atoms with van der Waals surface area (Å²) in [6.45, 7) is 8.28. The number of phenolic OH excluding ortho intramolecular Hbond substituents is 1. The number of aliphatic carboxylic acids is 3. The molecule has 0 aliphatic carbocycles. The molecule has 1 aliphatic heterocycles. The number of alkyl halides is 3. The molecule has 16 amide bonds. The average molecular weight is 1930 g/mol. The van der Waals surface area contributed by atoms with Gasteiger partial charge in [0.2, 0.25) is 94.5 Å². The van der Waals surface area contributed by atoms with Crippen LogP contribution in [-0.4, -0.2) is 297 Å². The summed E-state index contributed by atoms with van der Waals surface area (Å²) in [5.74, 6) is -27.9. The number of phenols is 1. The summed E-state index contributed by atoms with van der Waals surface area (Å²) in [6.07, 6.45) is -8.16. The molecule has 2 aromatic rings. The predicted molar refractivity (Wildman–Crippen MR) is 474 cm³/mol. The summed E-state index contributed by atoms with van der Waals surface area (Å²) in [4.78, 5) is 260. The van der Waals surface area contributed by atoms with Crippen LogP contribution in [0.2, 0.25) is 0 Å². The SMILES string of the molecule is CC[C@H](C)[C@H](NC(=O)[C@H](CCCNC(=N)N)NC(=O)[C@H](CC(C)C)NC(=O)[C@@H](N)Cc1ccc(O)cc1)C(=O)N[C@H](C(=O)N[C@@H](CCC(N)=O)C(=O)N[C@H]1CSSC[C@@H](C(=O)NCC(=O)N[C@@H](Cc2ccccc2)C(=O)O)NC(=O)[C@H](CO)NC(=O)CNC(=O)[C@H](CCC(=O)O)NC(=O)[C@H](C(C)C)NC(=O)[C@H](CO)NC(=O)[C@H](CCCNC(=N)N)NC1=O)C(C)C.O=C(O)C(F)(F)F. The van der Waals surface area contributed by atoms with Crippen molar-refractivity contribution < 1.29 is 135 Å². The maximum Gasteiger partial charge on any atom is 0.490 e. The van der Waals surface area contributed by atoms with Gasteiger partial charge >= 0.3 is 24.1 Å². The van der Waals surface area contributed by atoms with Crippen LogP contribution in [0.3, 0.4) is 0 Å². The van der Waals surface area contributed by atoms with Crippen LogP contribution >= 0.6 is 21.6 Å². The van der Waals surface area contributed by atoms with Crippen molar-refractivity contribution in [1.82, 2.24) is 90.4 Å². The van der Waals surface area contributed by atoms with Gasteiger partial charge in [0, 0.05) is 43.9 Å². The zero-order valence-corrected chi connectivity index (χ0v) is 76.1. The number of hydrogen-bond donors (Lipinski definition) is 29. The van der Waals surface area contributed by atoms with E-state index in [1.54, 1.807) is 70.2 Å². The molecule has 0 unspecified atom stereocenters. The molecule has 742 valence electrons. The molecule has 0 bridgehead atoms. The van der Waals surface area contributed by atoms with E-state index in [2.05, 4.69) is 90.4 Å². The summed E-state index contributed by atoms with van der Waals surface area (Å²) in [7, 11) is 1.34. The van der Waals surface area contributed by atoms with Crippen molar-refractivity contribution in [3.8, 4) is 5.75 Å². The first-order valence-electron chi connectivity index (χ1n) is 42.0. The number of carbonyl (C=O) groups excluding carboxylic acids is 16. The molecule has 33 N–H and O–H groups in total. The molecule has 53 heteroatoms. The number of carboxylic acid groups (broad SMARTS) is 3. The number of aromatic hydroxyl groups is 1. The topological polar surface area (TPSA) is 802 Å². The first-order chi connectivity index (χ1) is 62.3. The maximum absolute atomic E-state index is 15.1. The Hall–Kier alpha value is -12.9. The number of rotatable bonds is 43. The number of carbonyl (C=O) groups is 19. The van der Waals surface area contributed by atoms with Gasteiger partial charge in [-0.25, -0.2) is 9.59 Å². The van der Waals surface area contributed by atoms with E-state index in [4.69, 9.17) is 43.7 Å². The number of aliphatic hydroxyl groups is 2. The minimum absolute atomic E-state index is 0.0164. The first-order valence-corrected chi connectivity index (χ1v) is 44.5. The monoisotopic (exact) mass is 1930 g/mol. The Balaban J connectivity index is 0.00000819. The number of nitrogens with one attached hydrogen (secondary N) is 19. The molecule has 1 fully saturated rings. The Morgan fingerprint density at radius 3 is 1.60 bits per heavy atom. The molecule has 0 aromatic heterocycles. The van der Waals surface area contributed by atoms with E-state index in [-0.39, 0.29) is 69.7 Å². The first kappa shape index (κ1) is 116. The van der Waals surface area contributed by atoms with Crippen LogP contribution in [0.25, 0.3) is 0 Å². The van der Waals surface area contributed by atoms with Crippen LogP contribution in [0.5, 0.6) is 5.75 Å². The number of guanidine groups is 2. The summed E-state index contributed by atoms with van der Waals surface area (Å²) < 4.78 is 31.7. The lowest BCUT2D eigenvalue weighted by Gasteiger charge is -2.31. The van der Waals surface area contributed by atoms with Crippen LogP contribution in [0.1, 0.15) is 131 Å². The third kappa shape index (κ3) is 45.2. The Morgan fingerprint density at radius 1 is 0.541 bits per heavy atom. The molecule has 0 radical (unpaired) electrons. The van der Waals surface area contributed by atoms with Crippen molar-refractivity contribution in [3.05, 3.63) is 65.7 Å². The molecule has 48 nitrogen and oxygen atoms in total. The van der Waals surface area contributed by atoms with Gasteiger partial charge in [-0.2, -0.15) is 13.2 Å². The number of carboxylic acids is 3. The van der Waals surface area contributed by atoms with Gasteiger partial charge in [0.15, 0.2) is 11.9 Å². The molecule has 0 saturated carbocycles. The highest BCUT2D eigenvalue weighted by Gasteiger charge is 2.41. The quantitative estimate of drug-likeness (QED) is 0.0127. The second-order valence-corrected chi connectivity index (χ2v) is 34.3. The Kier molecular flexibility index (Phi) is 51.9. The van der Waals surface area contributed by atoms with E-state index >= 15 is 9.59 Å². The number of hydrogen-bond acceptors (Lipinski definition) is 27. The number of nitrogens with two attached hydrogens (primary N) is 4. The maximum atomic E-state index is 15.1. The molecule has 3 rings (SSSR count). The lowest BCUT2D eigenvalue weighted by atomic mass is 9.95. The zero-order chi connectivity index (χ0) is 101. The second kappa shape index (κ2) is 59.5. The molecule has 1 heterocycles. The molecular weight excluding hydrogens is 1800 g/mol. The smallest absolute Gasteiger partial charge is 0.490 e. The van der Waals surface area contributed by atoms with E-state index in [9.17, 15) is 115 Å². The van der Waals surface area contributed by atoms with Crippen LogP contribution in [0.15, 0.2) is 54.6 Å². The standard InChI is InChI=1S/C78H123N23O23S2.C2HF3O2/c1-9-41(8)62(101-68(115)47(18-14-28-86-78(83)84)91-69(116)50(29-38(2)3)95-63(110)45(79)30-43-19-21-44(104)22-20-43)75(122)100-61(40(6)7)74(121)94-49(23-25-56(80)105)67(114)98-55-37-126-125-36-54(65(112)88-32-57(106)89-51(76(123)124)31-42-15-11-10-12-16-42)97-70(117)52(34-102)90-58(107)33-87-64(111)48(24-26-59(108)109)93-73(120)60(39(4)5)99-71(118)53(35-103)96-66(113)46(92-72(55)119)17-13-27-85-77(81)82;3-2(4,5)1(6)7/h10-12,15-16,19-22,38-41,45-55,60-62,102-104H,9,13-14,17-18,23-37,79H2,1-8H3,(H2,80,105)(H,87,111)(H,88,112)(H,89,106)(H,90,107)(H,91,116)(H,92,119)(H,93,120)(H,94,121)(H,95,110)(H,96,113)(H,97,117)(H,98,114)(H,99,118)(H,100,122)(H,101,115)(H,108,109)(H,123,124)(H4,81,82,85)(H4,83,84,86);(H,6,7)/t41-,45-,46-,47-,48-,49-,50-,51-,52-,53-,54-,55-,60-,61-,62-;/m0./s1. The fourth-order valence-electron chi connectivity index (χ4n) is 12.2. The minimum atomic E-state index is -5.08. The van der Waals surface area contributed by atoms with Gasteiger partial charge in [-0.3, -0.25) is 92.3 Å². The van der Waals surface area contributed by atoms with Crippen LogP contribution in [-0.2, 0) is 104 Å². The molecule has 0 spiro atoms. The number of halogens is 3. The van der Waals surface area contributed by atoms with E-state index in [1.165, 1.54) is 39.8 Å². The third-order valence-electron chi connectivity index (χ3n) is 19.7. The van der Waals surface area contributed by atoms with Crippen LogP contribution in [0, 0.1) is 34.5 Å². The van der Waals surface area contributed by atoms with Crippen molar-refractivity contribution in [2.45, 2.75) is 223 Å². The fraction of sp³-hybridized carbons (Fsp3) is 0.588. The van der Waals surface area contributed by atoms with Crippen molar-refractivity contribution in [1.29, 1.82) is 10.8 Å². The number of amides is 16. The zero-order valence-electron chi connectivity index (χ0n) is 74.4. The summed E-state index contributed by atoms with van der Waals surface area (Å²) in [5.41, 5.74) is 24.1. The Labute approximate surface area is 770 Å². The van der Waals surface area contributed by atoms with E-state index in [0.29, 0.717) is 32.7 Å². The number of primary amides is 1. The normalized spacial score (nSPS) is 19.3. The summed E-state index contributed by atoms with van der Waals surface area (Å²) in [6, 6.07) is -9.07. The van der Waals surface area contributed by atoms with Crippen molar-refractivity contribution in [2.24, 2.45) is 46.6 Å². The highest BCUT2D eigenvalue weighted by molar-refractivity contribution is 8.76. The number of benzene rings is 2. The third-order valence-corrected chi connectivity index (χ3v) is 22.1. The van der Waals surface area contributed by atoms with Gasteiger partial charge in [-0.15, -0.1) is 0 Å². The highest BCUT2D eigenvalue weighted by atomic mass is 33.1. The van der Waals surface area contributed by atoms with E-state index in [0.717, 1.165) is 0 Å². The Morgan fingerprint density at radius 2 is 1.05 bits per heavy atom. The van der Waals surface area contributed by atoms with Gasteiger partial charge in [-0.1, -0.05) is 126 Å². The van der Waals surface area contributed by atoms with Gasteiger partial charge in [0.05, 0.1) is 32.3 Å². The largest absolute Gasteiger partial charge is 0.508 e. The lowest BCUT2D eigenvalue weighted by Crippen LogP contribution is -2.62. The van der Waals surface area contributed by atoms with Crippen molar-refractivity contribution in [3.63, 3.8) is 0 Å². The van der Waals surface area contributed by atoms with Gasteiger partial charge in [-0.05, 0) is 98.3 Å². The van der Waals surface area contributed by atoms with Crippen LogP contribution < -0.4 is 113 Å². The van der Waals surface area contributed by atoms with Crippen molar-refractivity contribution >= 4 is 146 Å². The van der Waals surface area contributed by atoms with Crippen molar-refractivity contribution in [2.75, 3.05) is 50.9 Å². The predicted octanol–water partition coefficient (Wildman–Crippen LogP) is -6.80. The molecule has 15 atom stereocenters. The van der Waals surface area contributed by atoms with Gasteiger partial charge < -0.3 is 144 Å². The molecule has 1 saturated heterocycles. The van der Waals surface area contributed by atoms with E-state index in [1.807, 2.05) is 0 Å². The average Bonchev–Trinajstić information content (AvgIpc) is 0.896. The minimum Gasteiger partial charge on any atom is -0.508 e. The Bertz CT molecular complexity index is 4320. The van der Waals surface area contributed by atoms with Crippen LogP contribution in [0.4, 0.5) is 13.2 Å².